The Labute approximate surface area is 147 Å². The lowest BCUT2D eigenvalue weighted by molar-refractivity contribution is -0.286. The van der Waals surface area contributed by atoms with Gasteiger partial charge in [0, 0.05) is 5.41 Å². The van der Waals surface area contributed by atoms with E-state index in [1.165, 1.54) is 38.5 Å². The van der Waals surface area contributed by atoms with Crippen LogP contribution >= 0.6 is 0 Å². The van der Waals surface area contributed by atoms with Crippen molar-refractivity contribution in [1.29, 1.82) is 0 Å². The van der Waals surface area contributed by atoms with Crippen molar-refractivity contribution in [3.63, 3.8) is 0 Å². The third-order valence-corrected chi connectivity index (χ3v) is 10.1. The van der Waals surface area contributed by atoms with Gasteiger partial charge < -0.3 is 0 Å². The molecule has 0 N–H and O–H groups in total. The Hall–Kier alpha value is -0.780. The van der Waals surface area contributed by atoms with Crippen LogP contribution in [-0.4, -0.2) is 0 Å². The van der Waals surface area contributed by atoms with Gasteiger partial charge >= 0.3 is 0 Å². The maximum absolute atomic E-state index is 2.72. The molecule has 0 radical (unpaired) electrons. The average Bonchev–Trinajstić information content (AvgIpc) is 2.57. The van der Waals surface area contributed by atoms with E-state index in [0.29, 0.717) is 16.2 Å². The highest BCUT2D eigenvalue weighted by molar-refractivity contribution is 5.38. The van der Waals surface area contributed by atoms with Crippen LogP contribution in [0.2, 0.25) is 0 Å². The second kappa shape index (κ2) is 4.13. The predicted octanol–water partition coefficient (Wildman–Crippen LogP) is 6.06. The van der Waals surface area contributed by atoms with Crippen LogP contribution in [0.25, 0.3) is 0 Å². The van der Waals surface area contributed by atoms with E-state index in [1.807, 2.05) is 0 Å². The van der Waals surface area contributed by atoms with Gasteiger partial charge in [0.15, 0.2) is 0 Å². The number of hydrogen-bond donors (Lipinski definition) is 0. The zero-order valence-electron chi connectivity index (χ0n) is 15.6. The number of rotatable bonds is 1. The van der Waals surface area contributed by atoms with Crippen molar-refractivity contribution in [1.82, 2.24) is 0 Å². The summed E-state index contributed by atoms with van der Waals surface area (Å²) in [5.41, 5.74) is 3.53. The summed E-state index contributed by atoms with van der Waals surface area (Å²) >= 11 is 0. The Morgan fingerprint density at radius 3 is 2.42 bits per heavy atom. The first-order chi connectivity index (χ1) is 11.5. The summed E-state index contributed by atoms with van der Waals surface area (Å²) in [4.78, 5) is 0. The van der Waals surface area contributed by atoms with Crippen molar-refractivity contribution in [3.05, 3.63) is 35.9 Å². The fourth-order valence-corrected chi connectivity index (χ4v) is 9.82. The molecule has 1 aromatic rings. The molecule has 24 heavy (non-hydrogen) atoms. The van der Waals surface area contributed by atoms with Gasteiger partial charge in [-0.25, -0.2) is 0 Å². The van der Waals surface area contributed by atoms with Gasteiger partial charge in [-0.15, -0.1) is 0 Å². The molecule has 0 aliphatic heterocycles. The minimum absolute atomic E-state index is 0.527. The highest BCUT2D eigenvalue weighted by atomic mass is 14.8. The summed E-state index contributed by atoms with van der Waals surface area (Å²) < 4.78 is 0. The molecule has 6 aliphatic rings. The molecular formula is C24H32. The SMILES string of the molecule is CC1CC2(C)C3CC4(C)CC2C2C1CCC3C2(c1ccccc1)C4. The lowest BCUT2D eigenvalue weighted by Crippen LogP contribution is -2.75. The molecule has 0 saturated heterocycles. The van der Waals surface area contributed by atoms with Crippen LogP contribution in [-0.2, 0) is 5.41 Å². The molecule has 9 unspecified atom stereocenters. The van der Waals surface area contributed by atoms with Gasteiger partial charge in [-0.2, -0.15) is 0 Å². The van der Waals surface area contributed by atoms with Gasteiger partial charge in [0.25, 0.3) is 0 Å². The summed E-state index contributed by atoms with van der Waals surface area (Å²) in [5.74, 6) is 5.91. The van der Waals surface area contributed by atoms with Crippen molar-refractivity contribution in [3.8, 4) is 0 Å². The van der Waals surface area contributed by atoms with E-state index in [2.05, 4.69) is 51.1 Å². The highest BCUT2D eigenvalue weighted by Crippen LogP contribution is 2.81. The third kappa shape index (κ3) is 1.38. The third-order valence-electron chi connectivity index (χ3n) is 10.1. The van der Waals surface area contributed by atoms with E-state index >= 15 is 0 Å². The fraction of sp³-hybridized carbons (Fsp3) is 0.750. The van der Waals surface area contributed by atoms with Crippen LogP contribution in [0.1, 0.15) is 64.9 Å². The van der Waals surface area contributed by atoms with E-state index in [0.717, 1.165) is 35.5 Å². The molecule has 6 fully saturated rings. The zero-order valence-corrected chi connectivity index (χ0v) is 15.6. The quantitative estimate of drug-likeness (QED) is 0.589. The maximum Gasteiger partial charge on any atom is 0.00231 e. The Morgan fingerprint density at radius 2 is 1.62 bits per heavy atom. The fourth-order valence-electron chi connectivity index (χ4n) is 9.82. The van der Waals surface area contributed by atoms with Crippen molar-refractivity contribution >= 4 is 0 Å². The molecular weight excluding hydrogens is 288 g/mol. The van der Waals surface area contributed by atoms with Gasteiger partial charge in [-0.05, 0) is 90.4 Å². The van der Waals surface area contributed by atoms with Crippen LogP contribution in [0.4, 0.5) is 0 Å². The number of hydrogen-bond acceptors (Lipinski definition) is 0. The molecule has 0 spiro atoms. The summed E-state index contributed by atoms with van der Waals surface area (Å²) in [5, 5.41) is 0. The molecule has 1 aromatic carbocycles. The van der Waals surface area contributed by atoms with Crippen molar-refractivity contribution in [2.75, 3.05) is 0 Å². The first kappa shape index (κ1) is 14.4. The molecule has 0 aromatic heterocycles. The van der Waals surface area contributed by atoms with Gasteiger partial charge in [-0.3, -0.25) is 0 Å². The van der Waals surface area contributed by atoms with Crippen LogP contribution < -0.4 is 0 Å². The monoisotopic (exact) mass is 320 g/mol. The Morgan fingerprint density at radius 1 is 0.875 bits per heavy atom. The molecule has 6 saturated carbocycles. The van der Waals surface area contributed by atoms with E-state index < -0.39 is 0 Å². The summed E-state index contributed by atoms with van der Waals surface area (Å²) in [6, 6.07) is 11.9. The molecule has 128 valence electrons. The van der Waals surface area contributed by atoms with Gasteiger partial charge in [-0.1, -0.05) is 51.1 Å². The molecule has 6 aliphatic carbocycles. The molecule has 0 nitrogen and oxygen atoms in total. The van der Waals surface area contributed by atoms with E-state index in [9.17, 15) is 0 Å². The Kier molecular flexibility index (Phi) is 2.48. The van der Waals surface area contributed by atoms with Crippen molar-refractivity contribution in [2.45, 2.75) is 64.7 Å². The lowest BCUT2D eigenvalue weighted by Gasteiger charge is -2.80. The average molecular weight is 321 g/mol. The van der Waals surface area contributed by atoms with Gasteiger partial charge in [0.05, 0.1) is 0 Å². The van der Waals surface area contributed by atoms with Crippen LogP contribution in [0.5, 0.6) is 0 Å². The maximum atomic E-state index is 2.72. The minimum Gasteiger partial charge on any atom is -0.0622 e. The van der Waals surface area contributed by atoms with E-state index in [4.69, 9.17) is 0 Å². The molecule has 7 rings (SSSR count). The van der Waals surface area contributed by atoms with Gasteiger partial charge in [0.1, 0.15) is 0 Å². The van der Waals surface area contributed by atoms with E-state index in [-0.39, 0.29) is 0 Å². The first-order valence-electron chi connectivity index (χ1n) is 10.5. The summed E-state index contributed by atoms with van der Waals surface area (Å²) in [6.45, 7) is 7.98. The molecule has 7 bridgehead atoms. The van der Waals surface area contributed by atoms with E-state index in [1.54, 1.807) is 5.56 Å². The summed E-state index contributed by atoms with van der Waals surface area (Å²) in [7, 11) is 0. The first-order valence-corrected chi connectivity index (χ1v) is 10.5. The second-order valence-corrected chi connectivity index (χ2v) is 11.1. The van der Waals surface area contributed by atoms with Crippen LogP contribution in [0.15, 0.2) is 30.3 Å². The van der Waals surface area contributed by atoms with Crippen LogP contribution in [0, 0.1) is 46.3 Å². The minimum atomic E-state index is 0.527. The van der Waals surface area contributed by atoms with Crippen molar-refractivity contribution in [2.24, 2.45) is 46.3 Å². The Balaban J connectivity index is 1.64. The smallest absolute Gasteiger partial charge is 0.00231 e. The highest BCUT2D eigenvalue weighted by Gasteiger charge is 2.76. The normalized spacial score (nSPS) is 59.8. The molecule has 9 atom stereocenters. The largest absolute Gasteiger partial charge is 0.0622 e. The van der Waals surface area contributed by atoms with Gasteiger partial charge in [0.2, 0.25) is 0 Å². The summed E-state index contributed by atoms with van der Waals surface area (Å²) in [6.07, 6.45) is 9.14. The zero-order chi connectivity index (χ0) is 16.3. The standard InChI is InChI=1S/C24H32/c1-15-11-23(3)19-12-22(2)13-20(23)21-17(15)9-10-18(19)24(21,14-22)16-7-5-4-6-8-16/h4-8,15,17-21H,9-14H2,1-3H3. The van der Waals surface area contributed by atoms with Crippen LogP contribution in [0.3, 0.4) is 0 Å². The van der Waals surface area contributed by atoms with Crippen molar-refractivity contribution < 1.29 is 0 Å². The lowest BCUT2D eigenvalue weighted by atomic mass is 9.24. The predicted molar refractivity (Wildman–Crippen MR) is 98.7 cm³/mol. The number of benzene rings is 1. The molecule has 0 heterocycles. The topological polar surface area (TPSA) is 0 Å². The Bertz CT molecular complexity index is 679. The molecule has 0 heteroatoms. The molecule has 0 amide bonds. The second-order valence-electron chi connectivity index (χ2n) is 11.1.